The van der Waals surface area contributed by atoms with Gasteiger partial charge in [-0.25, -0.2) is 0 Å². The molecule has 12 atom stereocenters. The van der Waals surface area contributed by atoms with E-state index in [1.54, 1.807) is 0 Å². The molecule has 3 heterocycles. The first-order chi connectivity index (χ1) is 20.8. The molecule has 3 nitrogen and oxygen atoms in total. The highest BCUT2D eigenvalue weighted by Gasteiger charge is 2.48. The van der Waals surface area contributed by atoms with Crippen LogP contribution in [-0.2, 0) is 0 Å². The zero-order valence-electron chi connectivity index (χ0n) is 31.9. The lowest BCUT2D eigenvalue weighted by molar-refractivity contribution is -0.0539. The number of likely N-dealkylation sites (tertiary alicyclic amines) is 3. The fourth-order valence-corrected chi connectivity index (χ4v) is 11.7. The maximum atomic E-state index is 2.77. The summed E-state index contributed by atoms with van der Waals surface area (Å²) in [5, 5.41) is 0. The standard InChI is InChI=1S/2C14H27N.C13H25N/c1-10(2)15-7-5-13-11(3)9-12(4)14(13)6-8-15;1-10(2)15-7-5-6-13-11(3)8-12(4)14(13)9-15;1-9(2)14-8-6-5-7-12-10(3)11(4)13(12)14/h2*10-14H,5-9H2,1-4H3;9-13H,5-8H2,1-4H3. The van der Waals surface area contributed by atoms with Gasteiger partial charge in [-0.15, -0.1) is 0 Å². The molecule has 6 aliphatic rings. The van der Waals surface area contributed by atoms with E-state index in [1.807, 2.05) is 0 Å². The van der Waals surface area contributed by atoms with Crippen molar-refractivity contribution in [2.75, 3.05) is 32.7 Å². The Morgan fingerprint density at radius 1 is 0.432 bits per heavy atom. The molecule has 6 rings (SSSR count). The fraction of sp³-hybridized carbons (Fsp3) is 1.00. The van der Waals surface area contributed by atoms with E-state index >= 15 is 0 Å². The second kappa shape index (κ2) is 16.3. The van der Waals surface area contributed by atoms with Crippen molar-refractivity contribution >= 4 is 0 Å². The quantitative estimate of drug-likeness (QED) is 0.314. The van der Waals surface area contributed by atoms with Crippen LogP contribution in [-0.4, -0.2) is 71.6 Å². The van der Waals surface area contributed by atoms with Crippen molar-refractivity contribution in [3.05, 3.63) is 0 Å². The Hall–Kier alpha value is -0.120. The van der Waals surface area contributed by atoms with Crippen LogP contribution in [0.5, 0.6) is 0 Å². The lowest BCUT2D eigenvalue weighted by atomic mass is 9.60. The fourth-order valence-electron chi connectivity index (χ4n) is 11.7. The summed E-state index contributed by atoms with van der Waals surface area (Å²) in [5.41, 5.74) is 0. The maximum Gasteiger partial charge on any atom is 0.0157 e. The van der Waals surface area contributed by atoms with E-state index in [1.165, 1.54) is 90.5 Å². The number of hydrogen-bond acceptors (Lipinski definition) is 3. The van der Waals surface area contributed by atoms with Crippen molar-refractivity contribution in [1.29, 1.82) is 0 Å². The summed E-state index contributed by atoms with van der Waals surface area (Å²) in [6.07, 6.45) is 13.1. The summed E-state index contributed by atoms with van der Waals surface area (Å²) in [7, 11) is 0. The van der Waals surface area contributed by atoms with Gasteiger partial charge in [0.25, 0.3) is 0 Å². The van der Waals surface area contributed by atoms with Crippen LogP contribution in [0.15, 0.2) is 0 Å². The minimum atomic E-state index is 0.742. The van der Waals surface area contributed by atoms with Crippen LogP contribution in [0.4, 0.5) is 0 Å². The molecule has 12 unspecified atom stereocenters. The summed E-state index contributed by atoms with van der Waals surface area (Å²) in [6, 6.07) is 3.14. The molecule has 0 aromatic rings. The van der Waals surface area contributed by atoms with Crippen molar-refractivity contribution < 1.29 is 0 Å². The van der Waals surface area contributed by atoms with Gasteiger partial charge in [0.15, 0.2) is 0 Å². The van der Waals surface area contributed by atoms with Gasteiger partial charge in [-0.05, 0) is 184 Å². The van der Waals surface area contributed by atoms with Crippen LogP contribution < -0.4 is 0 Å². The van der Waals surface area contributed by atoms with Gasteiger partial charge >= 0.3 is 0 Å². The Balaban J connectivity index is 0.000000151. The lowest BCUT2D eigenvalue weighted by Gasteiger charge is -2.54. The summed E-state index contributed by atoms with van der Waals surface area (Å²) < 4.78 is 0. The second-order valence-electron chi connectivity index (χ2n) is 18.2. The van der Waals surface area contributed by atoms with Gasteiger partial charge in [0, 0.05) is 30.7 Å². The number of fused-ring (bicyclic) bond motifs is 3. The largest absolute Gasteiger partial charge is 0.301 e. The topological polar surface area (TPSA) is 9.72 Å². The predicted molar refractivity (Wildman–Crippen MR) is 193 cm³/mol. The molecule has 0 N–H and O–H groups in total. The van der Waals surface area contributed by atoms with E-state index in [-0.39, 0.29) is 0 Å². The van der Waals surface area contributed by atoms with Crippen LogP contribution in [0, 0.1) is 65.1 Å². The van der Waals surface area contributed by atoms with E-state index in [0.717, 1.165) is 89.3 Å². The van der Waals surface area contributed by atoms with E-state index in [2.05, 4.69) is 97.8 Å². The Bertz CT molecular complexity index is 817. The molecule has 6 fully saturated rings. The van der Waals surface area contributed by atoms with Crippen molar-refractivity contribution in [1.82, 2.24) is 14.7 Å². The van der Waals surface area contributed by atoms with E-state index in [9.17, 15) is 0 Å². The average Bonchev–Trinajstić information content (AvgIpc) is 3.24. The normalized spacial score (nSPS) is 43.4. The summed E-state index contributed by atoms with van der Waals surface area (Å²) in [4.78, 5) is 8.15. The maximum absolute atomic E-state index is 2.77. The third-order valence-electron chi connectivity index (χ3n) is 14.6. The zero-order valence-corrected chi connectivity index (χ0v) is 31.9. The molecule has 0 amide bonds. The highest BCUT2D eigenvalue weighted by atomic mass is 15.2. The molecule has 0 bridgehead atoms. The molecule has 3 saturated heterocycles. The Kier molecular flexibility index (Phi) is 13.6. The third kappa shape index (κ3) is 8.47. The minimum absolute atomic E-state index is 0.742. The highest BCUT2D eigenvalue weighted by molar-refractivity contribution is 5.01. The smallest absolute Gasteiger partial charge is 0.0157 e. The van der Waals surface area contributed by atoms with Crippen molar-refractivity contribution in [2.45, 2.75) is 165 Å². The second-order valence-corrected chi connectivity index (χ2v) is 18.2. The number of nitrogens with zero attached hydrogens (tertiary/aromatic N) is 3. The molecule has 0 radical (unpaired) electrons. The van der Waals surface area contributed by atoms with Gasteiger partial charge in [-0.2, -0.15) is 0 Å². The molecule has 0 aromatic carbocycles. The summed E-state index contributed by atoms with van der Waals surface area (Å²) in [6.45, 7) is 35.7. The first kappa shape index (κ1) is 36.7. The molecule has 3 aliphatic heterocycles. The SMILES string of the molecule is CC1C(C)C2C1CCCCN2C(C)C.CC1CC(C)C2CCN(C(C)C)CCC12.CC1CC(C)C2CN(C(C)C)CCCC12. The molecule has 44 heavy (non-hydrogen) atoms. The van der Waals surface area contributed by atoms with E-state index in [4.69, 9.17) is 0 Å². The lowest BCUT2D eigenvalue weighted by Crippen LogP contribution is -2.59. The molecule has 3 saturated carbocycles. The highest BCUT2D eigenvalue weighted by Crippen LogP contribution is 2.49. The van der Waals surface area contributed by atoms with Crippen LogP contribution in [0.1, 0.15) is 141 Å². The van der Waals surface area contributed by atoms with Crippen LogP contribution >= 0.6 is 0 Å². The van der Waals surface area contributed by atoms with Crippen molar-refractivity contribution in [2.24, 2.45) is 65.1 Å². The predicted octanol–water partition coefficient (Wildman–Crippen LogP) is 9.95. The van der Waals surface area contributed by atoms with Gasteiger partial charge in [-0.3, -0.25) is 4.90 Å². The summed E-state index contributed by atoms with van der Waals surface area (Å²) >= 11 is 0. The minimum Gasteiger partial charge on any atom is -0.301 e. The molecular formula is C41H79N3. The molecule has 258 valence electrons. The molecule has 3 heteroatoms. The molecular weight excluding hydrogens is 534 g/mol. The Morgan fingerprint density at radius 3 is 1.45 bits per heavy atom. The van der Waals surface area contributed by atoms with Crippen LogP contribution in [0.3, 0.4) is 0 Å². The summed E-state index contributed by atoms with van der Waals surface area (Å²) in [5.74, 6) is 10.9. The number of hydrogen-bond donors (Lipinski definition) is 0. The van der Waals surface area contributed by atoms with Crippen molar-refractivity contribution in [3.63, 3.8) is 0 Å². The zero-order chi connectivity index (χ0) is 32.3. The average molecular weight is 614 g/mol. The van der Waals surface area contributed by atoms with Gasteiger partial charge in [0.2, 0.25) is 0 Å². The van der Waals surface area contributed by atoms with E-state index < -0.39 is 0 Å². The first-order valence-corrected chi connectivity index (χ1v) is 20.0. The van der Waals surface area contributed by atoms with Gasteiger partial charge < -0.3 is 9.80 Å². The van der Waals surface area contributed by atoms with Gasteiger partial charge in [-0.1, -0.05) is 48.0 Å². The van der Waals surface area contributed by atoms with Crippen molar-refractivity contribution in [3.8, 4) is 0 Å². The van der Waals surface area contributed by atoms with Crippen LogP contribution in [0.25, 0.3) is 0 Å². The Morgan fingerprint density at radius 2 is 0.932 bits per heavy atom. The van der Waals surface area contributed by atoms with Crippen LogP contribution in [0.2, 0.25) is 0 Å². The monoisotopic (exact) mass is 614 g/mol. The third-order valence-corrected chi connectivity index (χ3v) is 14.6. The first-order valence-electron chi connectivity index (χ1n) is 20.0. The van der Waals surface area contributed by atoms with Gasteiger partial charge in [0.1, 0.15) is 0 Å². The van der Waals surface area contributed by atoms with Gasteiger partial charge in [0.05, 0.1) is 0 Å². The number of rotatable bonds is 3. The Labute approximate surface area is 277 Å². The van der Waals surface area contributed by atoms with E-state index in [0.29, 0.717) is 0 Å². The molecule has 0 spiro atoms. The molecule has 3 aliphatic carbocycles. The molecule has 0 aromatic heterocycles.